The number of nitrogens with two attached hydrogens (primary N) is 1. The maximum Gasteiger partial charge on any atom is 0.0622 e. The van der Waals surface area contributed by atoms with Gasteiger partial charge in [0.1, 0.15) is 0 Å². The molecule has 0 bridgehead atoms. The lowest BCUT2D eigenvalue weighted by molar-refractivity contribution is 0.247. The van der Waals surface area contributed by atoms with Crippen LogP contribution in [0.1, 0.15) is 24.6 Å². The van der Waals surface area contributed by atoms with Crippen molar-refractivity contribution in [3.63, 3.8) is 0 Å². The van der Waals surface area contributed by atoms with E-state index in [0.29, 0.717) is 12.6 Å². The van der Waals surface area contributed by atoms with Gasteiger partial charge in [-0.1, -0.05) is 0 Å². The lowest BCUT2D eigenvalue weighted by atomic mass is 10.2. The summed E-state index contributed by atoms with van der Waals surface area (Å²) < 4.78 is 0. The molecule has 2 heterocycles. The van der Waals surface area contributed by atoms with E-state index in [-0.39, 0.29) is 0 Å². The summed E-state index contributed by atoms with van der Waals surface area (Å²) in [7, 11) is 0. The zero-order valence-corrected chi connectivity index (χ0v) is 7.87. The standard InChI is InChI=1S/C10H17N3/c11-8-10(9-4-3-5-12-9)13-6-1-2-7-13/h3-5,10,12H,1-2,6-8,11H2. The zero-order chi connectivity index (χ0) is 9.10. The molecule has 3 nitrogen and oxygen atoms in total. The maximum absolute atomic E-state index is 5.78. The summed E-state index contributed by atoms with van der Waals surface area (Å²) in [4.78, 5) is 5.71. The molecule has 0 spiro atoms. The van der Waals surface area contributed by atoms with E-state index in [2.05, 4.69) is 16.0 Å². The van der Waals surface area contributed by atoms with Crippen molar-refractivity contribution < 1.29 is 0 Å². The minimum atomic E-state index is 0.400. The van der Waals surface area contributed by atoms with Crippen molar-refractivity contribution in [2.45, 2.75) is 18.9 Å². The highest BCUT2D eigenvalue weighted by Crippen LogP contribution is 2.22. The number of likely N-dealkylation sites (tertiary alicyclic amines) is 1. The Kier molecular flexibility index (Phi) is 2.66. The first-order valence-corrected chi connectivity index (χ1v) is 4.99. The SMILES string of the molecule is NCC(c1ccc[nH]1)N1CCCC1. The Morgan fingerprint density at radius 2 is 2.23 bits per heavy atom. The van der Waals surface area contributed by atoms with Gasteiger partial charge in [0.2, 0.25) is 0 Å². The summed E-state index contributed by atoms with van der Waals surface area (Å²) >= 11 is 0. The van der Waals surface area contributed by atoms with E-state index in [9.17, 15) is 0 Å². The molecule has 0 aromatic carbocycles. The number of aromatic amines is 1. The fourth-order valence-corrected chi connectivity index (χ4v) is 2.08. The number of rotatable bonds is 3. The summed E-state index contributed by atoms with van der Waals surface area (Å²) in [6.07, 6.45) is 4.60. The van der Waals surface area contributed by atoms with Gasteiger partial charge in [0.25, 0.3) is 0 Å². The number of H-pyrrole nitrogens is 1. The van der Waals surface area contributed by atoms with E-state index in [1.807, 2.05) is 12.3 Å². The van der Waals surface area contributed by atoms with Crippen molar-refractivity contribution in [1.82, 2.24) is 9.88 Å². The Labute approximate surface area is 78.9 Å². The van der Waals surface area contributed by atoms with Gasteiger partial charge in [-0.25, -0.2) is 0 Å². The average Bonchev–Trinajstić information content (AvgIpc) is 2.76. The minimum absolute atomic E-state index is 0.400. The van der Waals surface area contributed by atoms with Gasteiger partial charge in [-0.15, -0.1) is 0 Å². The Morgan fingerprint density at radius 3 is 2.77 bits per heavy atom. The maximum atomic E-state index is 5.78. The zero-order valence-electron chi connectivity index (χ0n) is 7.87. The molecule has 13 heavy (non-hydrogen) atoms. The highest BCUT2D eigenvalue weighted by atomic mass is 15.2. The molecule has 3 heteroatoms. The molecule has 2 rings (SSSR count). The Balaban J connectivity index is 2.08. The average molecular weight is 179 g/mol. The summed E-state index contributed by atoms with van der Waals surface area (Å²) in [6.45, 7) is 3.10. The van der Waals surface area contributed by atoms with Gasteiger partial charge in [-0.05, 0) is 38.1 Å². The Morgan fingerprint density at radius 1 is 1.46 bits per heavy atom. The molecule has 72 valence electrons. The molecule has 0 amide bonds. The molecular weight excluding hydrogens is 162 g/mol. The largest absolute Gasteiger partial charge is 0.364 e. The Bertz CT molecular complexity index is 237. The molecular formula is C10H17N3. The van der Waals surface area contributed by atoms with Crippen molar-refractivity contribution in [3.05, 3.63) is 24.0 Å². The molecule has 3 N–H and O–H groups in total. The molecule has 1 saturated heterocycles. The monoisotopic (exact) mass is 179 g/mol. The second kappa shape index (κ2) is 3.94. The van der Waals surface area contributed by atoms with E-state index >= 15 is 0 Å². The molecule has 1 aliphatic rings. The molecule has 1 fully saturated rings. The first-order chi connectivity index (χ1) is 6.42. The van der Waals surface area contributed by atoms with Crippen LogP contribution in [-0.4, -0.2) is 29.5 Å². The van der Waals surface area contributed by atoms with Crippen molar-refractivity contribution >= 4 is 0 Å². The molecule has 1 atom stereocenters. The van der Waals surface area contributed by atoms with Crippen molar-refractivity contribution in [2.75, 3.05) is 19.6 Å². The molecule has 1 aromatic heterocycles. The summed E-state index contributed by atoms with van der Waals surface area (Å²) in [6, 6.07) is 4.56. The third-order valence-electron chi connectivity index (χ3n) is 2.79. The molecule has 0 radical (unpaired) electrons. The quantitative estimate of drug-likeness (QED) is 0.730. The highest BCUT2D eigenvalue weighted by molar-refractivity contribution is 5.10. The number of hydrogen-bond donors (Lipinski definition) is 2. The fraction of sp³-hybridized carbons (Fsp3) is 0.600. The van der Waals surface area contributed by atoms with Crippen LogP contribution in [0.2, 0.25) is 0 Å². The molecule has 1 unspecified atom stereocenters. The van der Waals surface area contributed by atoms with Gasteiger partial charge in [-0.3, -0.25) is 4.90 Å². The van der Waals surface area contributed by atoms with E-state index < -0.39 is 0 Å². The van der Waals surface area contributed by atoms with Crippen LogP contribution >= 0.6 is 0 Å². The smallest absolute Gasteiger partial charge is 0.0622 e. The molecule has 0 aliphatic carbocycles. The summed E-state index contributed by atoms with van der Waals surface area (Å²) in [5.74, 6) is 0. The third-order valence-corrected chi connectivity index (χ3v) is 2.79. The van der Waals surface area contributed by atoms with Crippen molar-refractivity contribution in [3.8, 4) is 0 Å². The number of nitrogens with zero attached hydrogens (tertiary/aromatic N) is 1. The second-order valence-corrected chi connectivity index (χ2v) is 3.62. The lowest BCUT2D eigenvalue weighted by Gasteiger charge is -2.25. The van der Waals surface area contributed by atoms with Crippen LogP contribution in [0.5, 0.6) is 0 Å². The van der Waals surface area contributed by atoms with Crippen LogP contribution in [-0.2, 0) is 0 Å². The van der Waals surface area contributed by atoms with Crippen LogP contribution < -0.4 is 5.73 Å². The first-order valence-electron chi connectivity index (χ1n) is 4.99. The fourth-order valence-electron chi connectivity index (χ4n) is 2.08. The molecule has 0 saturated carbocycles. The van der Waals surface area contributed by atoms with Crippen LogP contribution in [0.4, 0.5) is 0 Å². The number of hydrogen-bond acceptors (Lipinski definition) is 2. The van der Waals surface area contributed by atoms with Crippen LogP contribution in [0.3, 0.4) is 0 Å². The van der Waals surface area contributed by atoms with Crippen LogP contribution in [0.15, 0.2) is 18.3 Å². The van der Waals surface area contributed by atoms with Crippen LogP contribution in [0, 0.1) is 0 Å². The minimum Gasteiger partial charge on any atom is -0.364 e. The highest BCUT2D eigenvalue weighted by Gasteiger charge is 2.22. The van der Waals surface area contributed by atoms with Gasteiger partial charge in [-0.2, -0.15) is 0 Å². The summed E-state index contributed by atoms with van der Waals surface area (Å²) in [5, 5.41) is 0. The van der Waals surface area contributed by atoms with Gasteiger partial charge >= 0.3 is 0 Å². The third kappa shape index (κ3) is 1.76. The predicted octanol–water partition coefficient (Wildman–Crippen LogP) is 1.11. The molecule has 1 aliphatic heterocycles. The van der Waals surface area contributed by atoms with E-state index in [1.165, 1.54) is 31.6 Å². The van der Waals surface area contributed by atoms with Crippen molar-refractivity contribution in [1.29, 1.82) is 0 Å². The normalized spacial score (nSPS) is 20.7. The van der Waals surface area contributed by atoms with Crippen molar-refractivity contribution in [2.24, 2.45) is 5.73 Å². The number of aromatic nitrogens is 1. The number of nitrogens with one attached hydrogen (secondary N) is 1. The van der Waals surface area contributed by atoms with Gasteiger partial charge in [0.15, 0.2) is 0 Å². The van der Waals surface area contributed by atoms with Crippen LogP contribution in [0.25, 0.3) is 0 Å². The Hall–Kier alpha value is -0.800. The lowest BCUT2D eigenvalue weighted by Crippen LogP contribution is -2.31. The van der Waals surface area contributed by atoms with Gasteiger partial charge in [0, 0.05) is 18.4 Å². The summed E-state index contributed by atoms with van der Waals surface area (Å²) in [5.41, 5.74) is 7.04. The first kappa shape index (κ1) is 8.78. The second-order valence-electron chi connectivity index (χ2n) is 3.62. The topological polar surface area (TPSA) is 45.1 Å². The predicted molar refractivity (Wildman–Crippen MR) is 53.4 cm³/mol. The van der Waals surface area contributed by atoms with E-state index in [4.69, 9.17) is 5.73 Å². The van der Waals surface area contributed by atoms with E-state index in [0.717, 1.165) is 0 Å². The van der Waals surface area contributed by atoms with Gasteiger partial charge < -0.3 is 10.7 Å². The van der Waals surface area contributed by atoms with Gasteiger partial charge in [0.05, 0.1) is 6.04 Å². The molecule has 1 aromatic rings. The van der Waals surface area contributed by atoms with E-state index in [1.54, 1.807) is 0 Å².